The van der Waals surface area contributed by atoms with Gasteiger partial charge in [-0.25, -0.2) is 9.78 Å². The fourth-order valence-electron chi connectivity index (χ4n) is 3.41. The van der Waals surface area contributed by atoms with E-state index >= 15 is 0 Å². The summed E-state index contributed by atoms with van der Waals surface area (Å²) in [5.41, 5.74) is 5.08. The Morgan fingerprint density at radius 2 is 1.78 bits per heavy atom. The summed E-state index contributed by atoms with van der Waals surface area (Å²) in [6.45, 7) is 0. The summed E-state index contributed by atoms with van der Waals surface area (Å²) >= 11 is 3.56. The van der Waals surface area contributed by atoms with Crippen molar-refractivity contribution in [2.24, 2.45) is 5.10 Å². The van der Waals surface area contributed by atoms with Crippen molar-refractivity contribution in [3.8, 4) is 27.4 Å². The van der Waals surface area contributed by atoms with Crippen molar-refractivity contribution >= 4 is 56.4 Å². The van der Waals surface area contributed by atoms with Gasteiger partial charge in [0.2, 0.25) is 5.13 Å². The van der Waals surface area contributed by atoms with E-state index < -0.39 is 10.9 Å². The van der Waals surface area contributed by atoms with Crippen LogP contribution in [-0.2, 0) is 11.2 Å². The molecule has 3 aromatic carbocycles. The molecule has 0 unspecified atom stereocenters. The van der Waals surface area contributed by atoms with Gasteiger partial charge in [0, 0.05) is 27.2 Å². The topological polar surface area (TPSA) is 127 Å². The van der Waals surface area contributed by atoms with Crippen molar-refractivity contribution in [2.45, 2.75) is 6.42 Å². The molecule has 0 fully saturated rings. The van der Waals surface area contributed by atoms with Gasteiger partial charge >= 0.3 is 5.97 Å². The molecular weight excluding hydrogens is 595 g/mol. The monoisotopic (exact) mass is 614 g/mol. The smallest absolute Gasteiger partial charge is 0.352 e. The SMILES string of the molecule is COc1ccc(-c2nc(N/N=C(\Cc3ccccc3[N+](=O)[O-])C(=O)O)sc2-c2ccc(I)cc2)cc1. The van der Waals surface area contributed by atoms with E-state index in [9.17, 15) is 20.0 Å². The zero-order valence-corrected chi connectivity index (χ0v) is 21.8. The lowest BCUT2D eigenvalue weighted by atomic mass is 10.1. The molecule has 0 atom stereocenters. The third-order valence-electron chi connectivity index (χ3n) is 5.18. The number of hydrogen-bond acceptors (Lipinski definition) is 8. The number of para-hydroxylation sites is 1. The van der Waals surface area contributed by atoms with Crippen molar-refractivity contribution in [2.75, 3.05) is 12.5 Å². The fraction of sp³-hybridized carbons (Fsp3) is 0.0800. The minimum atomic E-state index is -1.29. The van der Waals surface area contributed by atoms with Crippen LogP contribution in [0.4, 0.5) is 10.8 Å². The number of methoxy groups -OCH3 is 1. The summed E-state index contributed by atoms with van der Waals surface area (Å²) in [5.74, 6) is -0.570. The van der Waals surface area contributed by atoms with Crippen LogP contribution >= 0.6 is 33.9 Å². The third-order valence-corrected chi connectivity index (χ3v) is 6.90. The van der Waals surface area contributed by atoms with E-state index in [-0.39, 0.29) is 23.4 Å². The highest BCUT2D eigenvalue weighted by molar-refractivity contribution is 14.1. The Labute approximate surface area is 223 Å². The predicted octanol–water partition coefficient (Wildman–Crippen LogP) is 6.09. The summed E-state index contributed by atoms with van der Waals surface area (Å²) in [4.78, 5) is 28.2. The number of rotatable bonds is 9. The Bertz CT molecular complexity index is 1440. The largest absolute Gasteiger partial charge is 0.497 e. The molecule has 182 valence electrons. The maximum atomic E-state index is 11.8. The summed E-state index contributed by atoms with van der Waals surface area (Å²) in [7, 11) is 1.60. The van der Waals surface area contributed by atoms with Crippen molar-refractivity contribution in [1.29, 1.82) is 0 Å². The molecule has 0 saturated carbocycles. The Kier molecular flexibility index (Phi) is 7.90. The number of aliphatic carboxylic acids is 1. The molecule has 0 radical (unpaired) electrons. The van der Waals surface area contributed by atoms with Crippen molar-refractivity contribution < 1.29 is 19.6 Å². The number of thiazole rings is 1. The molecule has 4 aromatic rings. The molecule has 0 aliphatic rings. The van der Waals surface area contributed by atoms with Crippen LogP contribution in [0.15, 0.2) is 77.9 Å². The van der Waals surface area contributed by atoms with Crippen LogP contribution in [0.1, 0.15) is 5.56 Å². The van der Waals surface area contributed by atoms with Crippen LogP contribution in [0.3, 0.4) is 0 Å². The number of carboxylic acids is 1. The Balaban J connectivity index is 1.69. The highest BCUT2D eigenvalue weighted by atomic mass is 127. The molecule has 36 heavy (non-hydrogen) atoms. The van der Waals surface area contributed by atoms with Crippen LogP contribution in [0.5, 0.6) is 5.75 Å². The zero-order valence-electron chi connectivity index (χ0n) is 18.8. The predicted molar refractivity (Wildman–Crippen MR) is 148 cm³/mol. The van der Waals surface area contributed by atoms with E-state index in [1.807, 2.05) is 48.5 Å². The third kappa shape index (κ3) is 5.86. The maximum absolute atomic E-state index is 11.8. The number of hydrazone groups is 1. The number of anilines is 1. The summed E-state index contributed by atoms with van der Waals surface area (Å²) in [5, 5.41) is 25.4. The van der Waals surface area contributed by atoms with E-state index in [1.54, 1.807) is 13.2 Å². The average Bonchev–Trinajstić information content (AvgIpc) is 3.31. The number of carboxylic acid groups (broad SMARTS) is 1. The number of halogens is 1. The Morgan fingerprint density at radius 3 is 2.42 bits per heavy atom. The first-order valence-electron chi connectivity index (χ1n) is 10.5. The van der Waals surface area contributed by atoms with Gasteiger partial charge in [-0.3, -0.25) is 15.5 Å². The van der Waals surface area contributed by atoms with Crippen molar-refractivity contribution in [3.63, 3.8) is 0 Å². The van der Waals surface area contributed by atoms with Crippen LogP contribution in [-0.4, -0.2) is 33.8 Å². The molecule has 0 bridgehead atoms. The highest BCUT2D eigenvalue weighted by Crippen LogP contribution is 2.39. The molecule has 0 amide bonds. The fourth-order valence-corrected chi connectivity index (χ4v) is 4.70. The van der Waals surface area contributed by atoms with Crippen LogP contribution in [0.25, 0.3) is 21.7 Å². The average molecular weight is 614 g/mol. The summed E-state index contributed by atoms with van der Waals surface area (Å²) in [6, 6.07) is 21.4. The van der Waals surface area contributed by atoms with E-state index in [0.717, 1.165) is 19.6 Å². The second-order valence-electron chi connectivity index (χ2n) is 7.47. The Morgan fingerprint density at radius 1 is 1.11 bits per heavy atom. The van der Waals surface area contributed by atoms with E-state index in [4.69, 9.17) is 4.74 Å². The molecule has 11 heteroatoms. The number of hydrogen-bond donors (Lipinski definition) is 2. The number of nitro benzene ring substituents is 1. The van der Waals surface area contributed by atoms with Crippen LogP contribution in [0.2, 0.25) is 0 Å². The van der Waals surface area contributed by atoms with Crippen LogP contribution in [0, 0.1) is 13.7 Å². The number of nitro groups is 1. The standard InChI is InChI=1S/C25H19IN4O5S/c1-35-19-12-8-15(9-13-19)22-23(16-6-10-18(26)11-7-16)36-25(27-22)29-28-20(24(31)32)14-17-4-2-3-5-21(17)30(33)34/h2-13H,14H2,1H3,(H,27,29)(H,31,32)/b28-20+. The number of benzene rings is 3. The minimum absolute atomic E-state index is 0.163. The van der Waals surface area contributed by atoms with Gasteiger partial charge in [-0.15, -0.1) is 0 Å². The maximum Gasteiger partial charge on any atom is 0.352 e. The zero-order chi connectivity index (χ0) is 25.7. The molecular formula is C25H19IN4O5S. The lowest BCUT2D eigenvalue weighted by Crippen LogP contribution is -2.18. The molecule has 2 N–H and O–H groups in total. The number of nitrogens with zero attached hydrogens (tertiary/aromatic N) is 3. The molecule has 0 spiro atoms. The highest BCUT2D eigenvalue weighted by Gasteiger charge is 2.20. The molecule has 1 aromatic heterocycles. The summed E-state index contributed by atoms with van der Waals surface area (Å²) in [6.07, 6.45) is -0.222. The van der Waals surface area contributed by atoms with E-state index in [2.05, 4.69) is 38.1 Å². The minimum Gasteiger partial charge on any atom is -0.497 e. The first kappa shape index (κ1) is 25.3. The number of aromatic nitrogens is 1. The molecule has 9 nitrogen and oxygen atoms in total. The van der Waals surface area contributed by atoms with Gasteiger partial charge in [0.1, 0.15) is 11.5 Å². The van der Waals surface area contributed by atoms with Gasteiger partial charge in [-0.05, 0) is 64.6 Å². The van der Waals surface area contributed by atoms with Gasteiger partial charge in [0.25, 0.3) is 5.69 Å². The first-order chi connectivity index (χ1) is 17.4. The summed E-state index contributed by atoms with van der Waals surface area (Å²) < 4.78 is 6.34. The van der Waals surface area contributed by atoms with E-state index in [1.165, 1.54) is 29.5 Å². The second-order valence-corrected chi connectivity index (χ2v) is 9.71. The first-order valence-corrected chi connectivity index (χ1v) is 12.4. The molecule has 0 saturated heterocycles. The Hall–Kier alpha value is -3.84. The normalized spacial score (nSPS) is 11.2. The van der Waals surface area contributed by atoms with Gasteiger partial charge in [0.15, 0.2) is 0 Å². The molecule has 0 aliphatic carbocycles. The molecule has 0 aliphatic heterocycles. The van der Waals surface area contributed by atoms with Gasteiger partial charge in [-0.2, -0.15) is 5.10 Å². The van der Waals surface area contributed by atoms with Crippen molar-refractivity contribution in [1.82, 2.24) is 4.98 Å². The lowest BCUT2D eigenvalue weighted by Gasteiger charge is -2.04. The quantitative estimate of drug-likeness (QED) is 0.101. The van der Waals surface area contributed by atoms with E-state index in [0.29, 0.717) is 16.6 Å². The molecule has 4 rings (SSSR count). The number of carbonyl (C=O) groups is 1. The van der Waals surface area contributed by atoms with Crippen molar-refractivity contribution in [3.05, 3.63) is 92.0 Å². The van der Waals surface area contributed by atoms with Gasteiger partial charge < -0.3 is 9.84 Å². The lowest BCUT2D eigenvalue weighted by molar-refractivity contribution is -0.385. The number of nitrogens with one attached hydrogen (secondary N) is 1. The number of ether oxygens (including phenoxy) is 1. The molecule has 1 heterocycles. The van der Waals surface area contributed by atoms with Gasteiger partial charge in [0.05, 0.1) is 22.6 Å². The van der Waals surface area contributed by atoms with Crippen LogP contribution < -0.4 is 10.2 Å². The second kappa shape index (κ2) is 11.3. The van der Waals surface area contributed by atoms with Gasteiger partial charge in [-0.1, -0.05) is 41.7 Å².